The molecule has 2 heteroatoms. The number of hydrogen-bond donors (Lipinski definition) is 0. The molecule has 0 aromatic heterocycles. The van der Waals surface area contributed by atoms with E-state index in [0.717, 1.165) is 56.0 Å². The van der Waals surface area contributed by atoms with E-state index in [1.807, 2.05) is 0 Å². The lowest BCUT2D eigenvalue weighted by molar-refractivity contribution is 0.398. The molecule has 0 aliphatic heterocycles. The molecule has 6 rings (SSSR count). The van der Waals surface area contributed by atoms with E-state index in [2.05, 4.69) is 182 Å². The van der Waals surface area contributed by atoms with Gasteiger partial charge in [-0.2, -0.15) is 0 Å². The summed E-state index contributed by atoms with van der Waals surface area (Å²) in [4.78, 5) is 0. The highest BCUT2D eigenvalue weighted by Crippen LogP contribution is 2.50. The number of ether oxygens (including phenoxy) is 2. The Morgan fingerprint density at radius 1 is 0.429 bits per heavy atom. The summed E-state index contributed by atoms with van der Waals surface area (Å²) in [6.45, 7) is 17.4. The van der Waals surface area contributed by atoms with Crippen LogP contribution in [-0.2, 0) is 10.8 Å². The van der Waals surface area contributed by atoms with Crippen LogP contribution in [0.2, 0.25) is 0 Å². The molecule has 0 spiro atoms. The fraction of sp³-hybridized carbons (Fsp3) is 0.191. The van der Waals surface area contributed by atoms with Crippen molar-refractivity contribution >= 4 is 0 Å². The molecule has 0 N–H and O–H groups in total. The minimum atomic E-state index is -0.234. The van der Waals surface area contributed by atoms with E-state index in [9.17, 15) is 0 Å². The summed E-state index contributed by atoms with van der Waals surface area (Å²) in [5.74, 6) is 1.63. The Labute approximate surface area is 292 Å². The second-order valence-corrected chi connectivity index (χ2v) is 14.6. The largest absolute Gasteiger partial charge is 0.496 e. The van der Waals surface area contributed by atoms with Crippen LogP contribution < -0.4 is 9.47 Å². The molecule has 0 heterocycles. The predicted molar refractivity (Wildman–Crippen MR) is 208 cm³/mol. The number of methoxy groups -OCH3 is 1. The fourth-order valence-corrected chi connectivity index (χ4v) is 6.72. The van der Waals surface area contributed by atoms with Gasteiger partial charge in [0.15, 0.2) is 0 Å². The Bertz CT molecular complexity index is 2090. The molecule has 0 saturated carbocycles. The molecule has 246 valence electrons. The Balaban J connectivity index is 1.72. The van der Waals surface area contributed by atoms with Crippen molar-refractivity contribution in [1.29, 1.82) is 0 Å². The first kappa shape index (κ1) is 33.6. The van der Waals surface area contributed by atoms with Crippen molar-refractivity contribution in [3.05, 3.63) is 157 Å². The lowest BCUT2D eigenvalue weighted by Gasteiger charge is -2.29. The number of benzene rings is 6. The average Bonchev–Trinajstić information content (AvgIpc) is 3.11. The van der Waals surface area contributed by atoms with Gasteiger partial charge in [0.05, 0.1) is 13.4 Å². The molecule has 2 nitrogen and oxygen atoms in total. The first-order valence-electron chi connectivity index (χ1n) is 17.0. The van der Waals surface area contributed by atoms with Crippen LogP contribution in [0.4, 0.5) is 0 Å². The molecule has 0 atom stereocenters. The monoisotopic (exact) mass is 642 g/mol. The minimum Gasteiger partial charge on any atom is -0.496 e. The number of rotatable bonds is 8. The van der Waals surface area contributed by atoms with Crippen molar-refractivity contribution in [2.75, 3.05) is 7.11 Å². The van der Waals surface area contributed by atoms with E-state index < -0.39 is 0 Å². The molecule has 0 aliphatic rings. The van der Waals surface area contributed by atoms with Gasteiger partial charge in [-0.25, -0.2) is 0 Å². The van der Waals surface area contributed by atoms with Gasteiger partial charge in [-0.3, -0.25) is 0 Å². The highest BCUT2D eigenvalue weighted by molar-refractivity contribution is 5.92. The molecule has 6 aromatic carbocycles. The summed E-state index contributed by atoms with van der Waals surface area (Å²) in [5, 5.41) is 0. The highest BCUT2D eigenvalue weighted by Gasteiger charge is 2.29. The lowest BCUT2D eigenvalue weighted by Crippen LogP contribution is -2.15. The Morgan fingerprint density at radius 2 is 0.776 bits per heavy atom. The maximum absolute atomic E-state index is 6.43. The van der Waals surface area contributed by atoms with Crippen molar-refractivity contribution in [2.45, 2.75) is 52.4 Å². The van der Waals surface area contributed by atoms with E-state index in [1.165, 1.54) is 28.5 Å². The van der Waals surface area contributed by atoms with Gasteiger partial charge >= 0.3 is 0 Å². The van der Waals surface area contributed by atoms with Gasteiger partial charge in [0.25, 0.3) is 0 Å². The van der Waals surface area contributed by atoms with Crippen LogP contribution >= 0.6 is 0 Å². The van der Waals surface area contributed by atoms with Crippen LogP contribution in [-0.4, -0.2) is 7.11 Å². The summed E-state index contributed by atoms with van der Waals surface area (Å²) in [5.41, 5.74) is 13.0. The normalized spacial score (nSPS) is 11.7. The quantitative estimate of drug-likeness (QED) is 0.154. The summed E-state index contributed by atoms with van der Waals surface area (Å²) >= 11 is 0. The Kier molecular flexibility index (Phi) is 9.35. The van der Waals surface area contributed by atoms with Gasteiger partial charge in [-0.1, -0.05) is 157 Å². The van der Waals surface area contributed by atoms with E-state index in [1.54, 1.807) is 7.11 Å². The van der Waals surface area contributed by atoms with Crippen molar-refractivity contribution in [2.24, 2.45) is 0 Å². The van der Waals surface area contributed by atoms with Crippen molar-refractivity contribution in [3.63, 3.8) is 0 Å². The third-order valence-corrected chi connectivity index (χ3v) is 9.14. The van der Waals surface area contributed by atoms with Crippen LogP contribution in [0.25, 0.3) is 55.6 Å². The van der Waals surface area contributed by atoms with Gasteiger partial charge < -0.3 is 9.47 Å². The molecular formula is C47H46O2. The molecule has 0 aliphatic carbocycles. The zero-order valence-electron chi connectivity index (χ0n) is 29.8. The smallest absolute Gasteiger partial charge is 0.138 e. The maximum atomic E-state index is 6.43. The van der Waals surface area contributed by atoms with Crippen molar-refractivity contribution < 1.29 is 9.47 Å². The van der Waals surface area contributed by atoms with Gasteiger partial charge in [0, 0.05) is 22.3 Å². The molecular weight excluding hydrogens is 597 g/mol. The summed E-state index contributed by atoms with van der Waals surface area (Å²) < 4.78 is 12.8. The van der Waals surface area contributed by atoms with Gasteiger partial charge in [0.1, 0.15) is 11.5 Å². The Hall–Kier alpha value is -5.34. The zero-order chi connectivity index (χ0) is 34.8. The predicted octanol–water partition coefficient (Wildman–Crippen LogP) is 13.1. The topological polar surface area (TPSA) is 18.5 Å². The van der Waals surface area contributed by atoms with E-state index in [0.29, 0.717) is 0 Å². The third kappa shape index (κ3) is 6.82. The highest BCUT2D eigenvalue weighted by atomic mass is 16.5. The average molecular weight is 643 g/mol. The fourth-order valence-electron chi connectivity index (χ4n) is 6.72. The summed E-state index contributed by atoms with van der Waals surface area (Å²) in [6, 6.07) is 47.6. The Morgan fingerprint density at radius 3 is 1.14 bits per heavy atom. The molecule has 49 heavy (non-hydrogen) atoms. The van der Waals surface area contributed by atoms with E-state index >= 15 is 0 Å². The van der Waals surface area contributed by atoms with Crippen LogP contribution in [0.1, 0.15) is 52.7 Å². The molecule has 0 bridgehead atoms. The molecule has 0 radical (unpaired) electrons. The molecule has 0 amide bonds. The summed E-state index contributed by atoms with van der Waals surface area (Å²) in [6.07, 6.45) is 1.54. The maximum Gasteiger partial charge on any atom is 0.138 e. The standard InChI is InChI=1S/C47H46O2/c1-9-49-45-41(29-35(31-43(45)47(5,6)7)39-27-19-17-25-37(39)33-22-14-11-15-23-33)40-28-34(30-42(44(40)48-8)46(2,3)4)38-26-18-16-24-36(38)32-20-12-10-13-21-32/h9-31H,1H2,2-8H3. The van der Waals surface area contributed by atoms with Gasteiger partial charge in [-0.05, 0) is 79.6 Å². The van der Waals surface area contributed by atoms with Crippen LogP contribution in [0.3, 0.4) is 0 Å². The van der Waals surface area contributed by atoms with Gasteiger partial charge in [0.2, 0.25) is 0 Å². The van der Waals surface area contributed by atoms with Crippen LogP contribution in [0.15, 0.2) is 146 Å². The van der Waals surface area contributed by atoms with Gasteiger partial charge in [-0.15, -0.1) is 0 Å². The molecule has 0 unspecified atom stereocenters. The second kappa shape index (κ2) is 13.6. The van der Waals surface area contributed by atoms with Crippen molar-refractivity contribution in [3.8, 4) is 67.1 Å². The third-order valence-electron chi connectivity index (χ3n) is 9.14. The molecule has 6 aromatic rings. The minimum absolute atomic E-state index is 0.207. The van der Waals surface area contributed by atoms with E-state index in [4.69, 9.17) is 9.47 Å². The molecule has 0 saturated heterocycles. The van der Waals surface area contributed by atoms with Crippen LogP contribution in [0, 0.1) is 0 Å². The zero-order valence-corrected chi connectivity index (χ0v) is 29.8. The van der Waals surface area contributed by atoms with E-state index in [-0.39, 0.29) is 10.8 Å². The second-order valence-electron chi connectivity index (χ2n) is 14.6. The first-order chi connectivity index (χ1) is 23.5. The first-order valence-corrected chi connectivity index (χ1v) is 17.0. The van der Waals surface area contributed by atoms with Crippen molar-refractivity contribution in [1.82, 2.24) is 0 Å². The number of hydrogen-bond acceptors (Lipinski definition) is 2. The lowest BCUT2D eigenvalue weighted by atomic mass is 9.78. The molecule has 0 fully saturated rings. The SMILES string of the molecule is C=COc1c(-c2cc(-c3ccccc3-c3ccccc3)cc(C(C)(C)C)c2OC)cc(-c2ccccc2-c2ccccc2)cc1C(C)(C)C. The van der Waals surface area contributed by atoms with Crippen LogP contribution in [0.5, 0.6) is 11.5 Å². The summed E-state index contributed by atoms with van der Waals surface area (Å²) in [7, 11) is 1.78.